The van der Waals surface area contributed by atoms with Crippen molar-refractivity contribution in [1.82, 2.24) is 25.1 Å². The number of pyridine rings is 1. The van der Waals surface area contributed by atoms with Gasteiger partial charge in [0.05, 0.1) is 24.8 Å². The molecule has 0 aliphatic rings. The summed E-state index contributed by atoms with van der Waals surface area (Å²) < 4.78 is 1.46. The van der Waals surface area contributed by atoms with Crippen LogP contribution in [0.4, 0.5) is 0 Å². The van der Waals surface area contributed by atoms with Crippen LogP contribution < -0.4 is 5.32 Å². The van der Waals surface area contributed by atoms with Crippen molar-refractivity contribution in [2.24, 2.45) is 0 Å². The van der Waals surface area contributed by atoms with Crippen LogP contribution in [0.2, 0.25) is 0 Å². The summed E-state index contributed by atoms with van der Waals surface area (Å²) in [7, 11) is 0. The lowest BCUT2D eigenvalue weighted by Gasteiger charge is -2.13. The summed E-state index contributed by atoms with van der Waals surface area (Å²) >= 11 is 0. The van der Waals surface area contributed by atoms with Gasteiger partial charge in [-0.1, -0.05) is 0 Å². The van der Waals surface area contributed by atoms with Gasteiger partial charge in [0.2, 0.25) is 0 Å². The normalized spacial score (nSPS) is 10.7. The van der Waals surface area contributed by atoms with Crippen LogP contribution in [-0.2, 0) is 0 Å². The Kier molecular flexibility index (Phi) is 4.16. The summed E-state index contributed by atoms with van der Waals surface area (Å²) in [6, 6.07) is 2.52. The number of rotatable bonds is 5. The lowest BCUT2D eigenvalue weighted by molar-refractivity contribution is 0.0879. The number of aromatic nitrogens is 4. The third kappa shape index (κ3) is 3.12. The van der Waals surface area contributed by atoms with E-state index in [1.165, 1.54) is 23.5 Å². The molecule has 1 amide bonds. The zero-order valence-electron chi connectivity index (χ0n) is 9.97. The third-order valence-electron chi connectivity index (χ3n) is 2.44. The number of nitrogens with zero attached hydrogens (tertiary/aromatic N) is 4. The fourth-order valence-electron chi connectivity index (χ4n) is 1.40. The van der Waals surface area contributed by atoms with E-state index in [0.717, 1.165) is 0 Å². The van der Waals surface area contributed by atoms with E-state index < -0.39 is 11.9 Å². The van der Waals surface area contributed by atoms with E-state index in [1.807, 2.05) is 0 Å². The number of aliphatic hydroxyl groups excluding tert-OH is 2. The smallest absolute Gasteiger partial charge is 0.253 e. The van der Waals surface area contributed by atoms with Crippen molar-refractivity contribution in [2.75, 3.05) is 13.2 Å². The molecule has 3 N–H and O–H groups in total. The molecule has 8 heteroatoms. The maximum absolute atomic E-state index is 11.8. The van der Waals surface area contributed by atoms with Crippen LogP contribution in [0, 0.1) is 0 Å². The van der Waals surface area contributed by atoms with Crippen LogP contribution in [0.1, 0.15) is 10.4 Å². The molecule has 2 rings (SSSR count). The first-order valence-corrected chi connectivity index (χ1v) is 5.58. The third-order valence-corrected chi connectivity index (χ3v) is 2.44. The Hall–Kier alpha value is -2.32. The first-order valence-electron chi connectivity index (χ1n) is 5.58. The Labute approximate surface area is 108 Å². The van der Waals surface area contributed by atoms with Crippen molar-refractivity contribution in [3.05, 3.63) is 36.5 Å². The van der Waals surface area contributed by atoms with Gasteiger partial charge in [-0.2, -0.15) is 5.10 Å². The van der Waals surface area contributed by atoms with Crippen molar-refractivity contribution in [3.8, 4) is 5.82 Å². The van der Waals surface area contributed by atoms with Crippen molar-refractivity contribution in [1.29, 1.82) is 0 Å². The second-order valence-corrected chi connectivity index (χ2v) is 3.78. The van der Waals surface area contributed by atoms with Gasteiger partial charge in [0.15, 0.2) is 5.82 Å². The summed E-state index contributed by atoms with van der Waals surface area (Å²) in [5.41, 5.74) is 0.329. The predicted molar refractivity (Wildman–Crippen MR) is 64.6 cm³/mol. The average molecular weight is 263 g/mol. The van der Waals surface area contributed by atoms with E-state index in [0.29, 0.717) is 11.4 Å². The van der Waals surface area contributed by atoms with Gasteiger partial charge in [-0.05, 0) is 12.1 Å². The van der Waals surface area contributed by atoms with Crippen LogP contribution in [0.25, 0.3) is 5.82 Å². The number of aliphatic hydroxyl groups is 2. The van der Waals surface area contributed by atoms with E-state index in [2.05, 4.69) is 20.4 Å². The summed E-state index contributed by atoms with van der Waals surface area (Å²) in [5.74, 6) is 0.126. The molecule has 0 atom stereocenters. The summed E-state index contributed by atoms with van der Waals surface area (Å²) in [6.07, 6.45) is 4.27. The van der Waals surface area contributed by atoms with Crippen molar-refractivity contribution in [3.63, 3.8) is 0 Å². The fraction of sp³-hybridized carbons (Fsp3) is 0.273. The minimum Gasteiger partial charge on any atom is -0.394 e. The average Bonchev–Trinajstić information content (AvgIpc) is 2.99. The van der Waals surface area contributed by atoms with Gasteiger partial charge in [-0.3, -0.25) is 4.79 Å². The number of carbonyl (C=O) groups excluding carboxylic acids is 1. The highest BCUT2D eigenvalue weighted by molar-refractivity contribution is 5.94. The van der Waals surface area contributed by atoms with Crippen LogP contribution in [0.15, 0.2) is 31.0 Å². The monoisotopic (exact) mass is 263 g/mol. The second-order valence-electron chi connectivity index (χ2n) is 3.78. The van der Waals surface area contributed by atoms with Crippen LogP contribution >= 0.6 is 0 Å². The van der Waals surface area contributed by atoms with Crippen LogP contribution in [-0.4, -0.2) is 55.1 Å². The SMILES string of the molecule is O=C(NC(CO)CO)c1ccc(-n2cncn2)nc1. The zero-order valence-corrected chi connectivity index (χ0v) is 9.97. The van der Waals surface area contributed by atoms with Gasteiger partial charge in [-0.25, -0.2) is 14.6 Å². The van der Waals surface area contributed by atoms with Gasteiger partial charge < -0.3 is 15.5 Å². The minimum atomic E-state index is -0.678. The second kappa shape index (κ2) is 6.03. The molecular weight excluding hydrogens is 250 g/mol. The molecule has 0 aromatic carbocycles. The number of hydrogen-bond acceptors (Lipinski definition) is 6. The molecule has 19 heavy (non-hydrogen) atoms. The molecule has 0 bridgehead atoms. The summed E-state index contributed by atoms with van der Waals surface area (Å²) in [6.45, 7) is -0.653. The maximum Gasteiger partial charge on any atom is 0.253 e. The molecule has 0 aliphatic carbocycles. The Morgan fingerprint density at radius 2 is 2.16 bits per heavy atom. The van der Waals surface area contributed by atoms with E-state index in [-0.39, 0.29) is 13.2 Å². The topological polar surface area (TPSA) is 113 Å². The molecule has 2 heterocycles. The van der Waals surface area contributed by atoms with Crippen molar-refractivity contribution in [2.45, 2.75) is 6.04 Å². The van der Waals surface area contributed by atoms with E-state index in [4.69, 9.17) is 10.2 Å². The summed E-state index contributed by atoms with van der Waals surface area (Å²) in [5, 5.41) is 24.1. The van der Waals surface area contributed by atoms with Gasteiger partial charge in [0, 0.05) is 6.20 Å². The molecule has 2 aromatic heterocycles. The van der Waals surface area contributed by atoms with Crippen molar-refractivity contribution >= 4 is 5.91 Å². The van der Waals surface area contributed by atoms with E-state index in [1.54, 1.807) is 12.1 Å². The van der Waals surface area contributed by atoms with Crippen LogP contribution in [0.5, 0.6) is 0 Å². The van der Waals surface area contributed by atoms with Gasteiger partial charge >= 0.3 is 0 Å². The standard InChI is InChI=1S/C11H13N5O3/c17-4-9(5-18)15-11(19)8-1-2-10(13-3-8)16-7-12-6-14-16/h1-3,6-7,9,17-18H,4-5H2,(H,15,19). The lowest BCUT2D eigenvalue weighted by atomic mass is 10.2. The van der Waals surface area contributed by atoms with Crippen molar-refractivity contribution < 1.29 is 15.0 Å². The molecule has 0 radical (unpaired) electrons. The Morgan fingerprint density at radius 3 is 2.68 bits per heavy atom. The molecule has 2 aromatic rings. The fourth-order valence-corrected chi connectivity index (χ4v) is 1.40. The number of nitrogens with one attached hydrogen (secondary N) is 1. The Bertz CT molecular complexity index is 522. The summed E-state index contributed by atoms with van der Waals surface area (Å²) in [4.78, 5) is 19.6. The highest BCUT2D eigenvalue weighted by Crippen LogP contribution is 2.04. The molecule has 0 spiro atoms. The number of hydrogen-bond donors (Lipinski definition) is 3. The van der Waals surface area contributed by atoms with E-state index in [9.17, 15) is 4.79 Å². The maximum atomic E-state index is 11.8. The molecule has 0 fully saturated rings. The first-order chi connectivity index (χ1) is 9.24. The van der Waals surface area contributed by atoms with E-state index >= 15 is 0 Å². The number of amides is 1. The Balaban J connectivity index is 2.08. The number of carbonyl (C=O) groups is 1. The molecule has 8 nitrogen and oxygen atoms in total. The minimum absolute atomic E-state index is 0.327. The zero-order chi connectivity index (χ0) is 13.7. The van der Waals surface area contributed by atoms with Gasteiger partial charge in [0.25, 0.3) is 5.91 Å². The molecule has 0 saturated carbocycles. The largest absolute Gasteiger partial charge is 0.394 e. The molecule has 0 unspecified atom stereocenters. The highest BCUT2D eigenvalue weighted by Gasteiger charge is 2.12. The van der Waals surface area contributed by atoms with Gasteiger partial charge in [-0.15, -0.1) is 0 Å². The Morgan fingerprint density at radius 1 is 1.37 bits per heavy atom. The molecule has 0 saturated heterocycles. The molecule has 0 aliphatic heterocycles. The molecular formula is C11H13N5O3. The molecule has 100 valence electrons. The van der Waals surface area contributed by atoms with Gasteiger partial charge in [0.1, 0.15) is 12.7 Å². The quantitative estimate of drug-likeness (QED) is 0.621. The lowest BCUT2D eigenvalue weighted by Crippen LogP contribution is -2.40. The highest BCUT2D eigenvalue weighted by atomic mass is 16.3. The van der Waals surface area contributed by atoms with Crippen LogP contribution in [0.3, 0.4) is 0 Å². The predicted octanol–water partition coefficient (Wildman–Crippen LogP) is -1.25. The first kappa shape index (κ1) is 13.1.